The zero-order valence-corrected chi connectivity index (χ0v) is 13.8. The van der Waals surface area contributed by atoms with Crippen molar-refractivity contribution in [2.45, 2.75) is 38.5 Å². The van der Waals surface area contributed by atoms with Crippen LogP contribution in [-0.2, 0) is 12.1 Å². The Morgan fingerprint density at radius 3 is 2.92 bits per heavy atom. The predicted molar refractivity (Wildman–Crippen MR) is 85.3 cm³/mol. The van der Waals surface area contributed by atoms with Crippen LogP contribution in [0.5, 0.6) is 0 Å². The summed E-state index contributed by atoms with van der Waals surface area (Å²) < 4.78 is 15.0. The van der Waals surface area contributed by atoms with E-state index in [1.54, 1.807) is 16.9 Å². The molecule has 0 amide bonds. The molecule has 1 atom stereocenters. The van der Waals surface area contributed by atoms with Crippen LogP contribution in [0.15, 0.2) is 24.4 Å². The Balaban J connectivity index is 1.74. The van der Waals surface area contributed by atoms with E-state index in [0.29, 0.717) is 37.3 Å². The highest BCUT2D eigenvalue weighted by Crippen LogP contribution is 2.32. The van der Waals surface area contributed by atoms with Crippen LogP contribution in [0.25, 0.3) is 0 Å². The Labute approximate surface area is 140 Å². The molecule has 1 aromatic heterocycles. The van der Waals surface area contributed by atoms with Gasteiger partial charge in [-0.3, -0.25) is 4.90 Å². The van der Waals surface area contributed by atoms with E-state index in [4.69, 9.17) is 5.26 Å². The Kier molecular flexibility index (Phi) is 4.35. The van der Waals surface area contributed by atoms with Crippen LogP contribution in [0.3, 0.4) is 0 Å². The van der Waals surface area contributed by atoms with Crippen LogP contribution in [0.4, 0.5) is 4.39 Å². The van der Waals surface area contributed by atoms with E-state index in [9.17, 15) is 9.50 Å². The molecule has 1 aliphatic heterocycles. The number of benzene rings is 1. The molecule has 0 spiro atoms. The van der Waals surface area contributed by atoms with Crippen LogP contribution < -0.4 is 0 Å². The predicted octanol–water partition coefficient (Wildman–Crippen LogP) is 1.96. The molecular formula is C17H20FN5O. The zero-order chi connectivity index (χ0) is 17.3. The fraction of sp³-hybridized carbons (Fsp3) is 0.471. The van der Waals surface area contributed by atoms with Crippen LogP contribution >= 0.6 is 0 Å². The minimum atomic E-state index is -1.04. The first-order valence-corrected chi connectivity index (χ1v) is 7.97. The highest BCUT2D eigenvalue weighted by molar-refractivity contribution is 5.38. The number of aliphatic hydroxyl groups is 1. The largest absolute Gasteiger partial charge is 0.382 e. The molecule has 2 heterocycles. The van der Waals surface area contributed by atoms with Crippen LogP contribution in [-0.4, -0.2) is 38.1 Å². The van der Waals surface area contributed by atoms with Crippen molar-refractivity contribution in [3.63, 3.8) is 0 Å². The smallest absolute Gasteiger partial charge is 0.124 e. The second-order valence-corrected chi connectivity index (χ2v) is 6.58. The topological polar surface area (TPSA) is 78.0 Å². The fourth-order valence-corrected chi connectivity index (χ4v) is 2.99. The summed E-state index contributed by atoms with van der Waals surface area (Å²) in [4.78, 5) is 2.04. The van der Waals surface area contributed by atoms with Gasteiger partial charge < -0.3 is 5.11 Å². The van der Waals surface area contributed by atoms with E-state index < -0.39 is 11.4 Å². The molecular weight excluding hydrogens is 309 g/mol. The summed E-state index contributed by atoms with van der Waals surface area (Å²) in [7, 11) is 0. The van der Waals surface area contributed by atoms with Gasteiger partial charge in [-0.15, -0.1) is 5.10 Å². The molecule has 2 aromatic rings. The summed E-state index contributed by atoms with van der Waals surface area (Å²) in [6.45, 7) is 5.58. The standard InChI is InChI=1S/C17H20FN5O/c1-12(2)23-10-16(20-21-23)17(24)5-6-22(11-17)9-13-3-4-15(18)7-14(13)8-19/h3-4,7,10,12,24H,5-6,9,11H2,1-2H3. The van der Waals surface area contributed by atoms with Crippen molar-refractivity contribution in [3.05, 3.63) is 47.0 Å². The molecule has 24 heavy (non-hydrogen) atoms. The lowest BCUT2D eigenvalue weighted by atomic mass is 10.00. The van der Waals surface area contributed by atoms with Crippen molar-refractivity contribution in [2.75, 3.05) is 13.1 Å². The summed E-state index contributed by atoms with van der Waals surface area (Å²) >= 11 is 0. The van der Waals surface area contributed by atoms with Crippen molar-refractivity contribution in [1.29, 1.82) is 5.26 Å². The molecule has 6 nitrogen and oxygen atoms in total. The molecule has 1 saturated heterocycles. The molecule has 0 bridgehead atoms. The Bertz CT molecular complexity index is 782. The van der Waals surface area contributed by atoms with Crippen LogP contribution in [0, 0.1) is 17.1 Å². The average Bonchev–Trinajstić information content (AvgIpc) is 3.17. The molecule has 3 rings (SSSR count). The van der Waals surface area contributed by atoms with Gasteiger partial charge in [-0.05, 0) is 38.0 Å². The van der Waals surface area contributed by atoms with Gasteiger partial charge in [0.05, 0.1) is 17.8 Å². The normalized spacial score (nSPS) is 21.3. The summed E-state index contributed by atoms with van der Waals surface area (Å²) in [5.41, 5.74) is 0.614. The first kappa shape index (κ1) is 16.6. The lowest BCUT2D eigenvalue weighted by Crippen LogP contribution is -2.31. The molecule has 1 N–H and O–H groups in total. The quantitative estimate of drug-likeness (QED) is 0.928. The molecule has 1 aliphatic rings. The minimum Gasteiger partial charge on any atom is -0.382 e. The average molecular weight is 329 g/mol. The maximum Gasteiger partial charge on any atom is 0.124 e. The van der Waals surface area contributed by atoms with Crippen molar-refractivity contribution in [1.82, 2.24) is 19.9 Å². The van der Waals surface area contributed by atoms with E-state index in [-0.39, 0.29) is 6.04 Å². The monoisotopic (exact) mass is 329 g/mol. The fourth-order valence-electron chi connectivity index (χ4n) is 2.99. The van der Waals surface area contributed by atoms with Gasteiger partial charge in [-0.2, -0.15) is 5.26 Å². The second-order valence-electron chi connectivity index (χ2n) is 6.58. The Morgan fingerprint density at radius 2 is 2.25 bits per heavy atom. The molecule has 1 unspecified atom stereocenters. The number of likely N-dealkylation sites (tertiary alicyclic amines) is 1. The van der Waals surface area contributed by atoms with E-state index in [1.807, 2.05) is 24.8 Å². The Morgan fingerprint density at radius 1 is 1.46 bits per heavy atom. The SMILES string of the molecule is CC(C)n1cc(C2(O)CCN(Cc3ccc(F)cc3C#N)C2)nn1. The van der Waals surface area contributed by atoms with Gasteiger partial charge in [0.1, 0.15) is 17.1 Å². The molecule has 126 valence electrons. The second kappa shape index (κ2) is 6.30. The van der Waals surface area contributed by atoms with E-state index in [1.165, 1.54) is 12.1 Å². The molecule has 7 heteroatoms. The highest BCUT2D eigenvalue weighted by atomic mass is 19.1. The third-order valence-electron chi connectivity index (χ3n) is 4.43. The molecule has 1 fully saturated rings. The van der Waals surface area contributed by atoms with Crippen molar-refractivity contribution in [3.8, 4) is 6.07 Å². The maximum absolute atomic E-state index is 13.2. The number of nitriles is 1. The number of β-amino-alcohol motifs (C(OH)–C–C–N with tert-alkyl or cyclic N) is 1. The molecule has 0 saturated carbocycles. The maximum atomic E-state index is 13.2. The molecule has 1 aromatic carbocycles. The third kappa shape index (κ3) is 3.16. The van der Waals surface area contributed by atoms with Crippen molar-refractivity contribution >= 4 is 0 Å². The number of hydrogen-bond acceptors (Lipinski definition) is 5. The molecule has 0 aliphatic carbocycles. The number of halogens is 1. The first-order valence-electron chi connectivity index (χ1n) is 7.97. The summed E-state index contributed by atoms with van der Waals surface area (Å²) in [5.74, 6) is -0.418. The van der Waals surface area contributed by atoms with Gasteiger partial charge in [-0.25, -0.2) is 9.07 Å². The summed E-state index contributed by atoms with van der Waals surface area (Å²) in [6, 6.07) is 6.43. The van der Waals surface area contributed by atoms with Gasteiger partial charge in [-0.1, -0.05) is 11.3 Å². The van der Waals surface area contributed by atoms with Gasteiger partial charge in [0.2, 0.25) is 0 Å². The van der Waals surface area contributed by atoms with Gasteiger partial charge in [0, 0.05) is 25.7 Å². The van der Waals surface area contributed by atoms with E-state index >= 15 is 0 Å². The first-order chi connectivity index (χ1) is 11.4. The zero-order valence-electron chi connectivity index (χ0n) is 13.8. The lowest BCUT2D eigenvalue weighted by Gasteiger charge is -2.21. The van der Waals surface area contributed by atoms with Gasteiger partial charge in [0.25, 0.3) is 0 Å². The lowest BCUT2D eigenvalue weighted by molar-refractivity contribution is 0.0408. The van der Waals surface area contributed by atoms with Crippen molar-refractivity contribution < 1.29 is 9.50 Å². The van der Waals surface area contributed by atoms with Crippen LogP contribution in [0.2, 0.25) is 0 Å². The summed E-state index contributed by atoms with van der Waals surface area (Å²) in [6.07, 6.45) is 2.33. The highest BCUT2D eigenvalue weighted by Gasteiger charge is 2.40. The molecule has 0 radical (unpaired) electrons. The third-order valence-corrected chi connectivity index (χ3v) is 4.43. The van der Waals surface area contributed by atoms with Gasteiger partial charge >= 0.3 is 0 Å². The van der Waals surface area contributed by atoms with Crippen molar-refractivity contribution in [2.24, 2.45) is 0 Å². The number of rotatable bonds is 4. The number of hydrogen-bond donors (Lipinski definition) is 1. The summed E-state index contributed by atoms with van der Waals surface area (Å²) in [5, 5.41) is 28.2. The van der Waals surface area contributed by atoms with E-state index in [0.717, 1.165) is 5.56 Å². The van der Waals surface area contributed by atoms with Crippen LogP contribution in [0.1, 0.15) is 43.1 Å². The number of nitrogens with zero attached hydrogens (tertiary/aromatic N) is 5. The minimum absolute atomic E-state index is 0.185. The van der Waals surface area contributed by atoms with E-state index in [2.05, 4.69) is 10.3 Å². The Hall–Kier alpha value is -2.30. The number of aromatic nitrogens is 3. The van der Waals surface area contributed by atoms with Gasteiger partial charge in [0.15, 0.2) is 0 Å².